The van der Waals surface area contributed by atoms with E-state index in [2.05, 4.69) is 10.1 Å². The molecule has 1 aromatic heterocycles. The third-order valence-corrected chi connectivity index (χ3v) is 6.03. The van der Waals surface area contributed by atoms with Crippen molar-refractivity contribution in [2.75, 3.05) is 26.2 Å². The number of nitrogens with zero attached hydrogens (tertiary/aromatic N) is 3. The lowest BCUT2D eigenvalue weighted by atomic mass is 9.98. The van der Waals surface area contributed by atoms with Gasteiger partial charge in [-0.1, -0.05) is 40.8 Å². The Kier molecular flexibility index (Phi) is 4.95. The van der Waals surface area contributed by atoms with Gasteiger partial charge in [-0.3, -0.25) is 9.69 Å². The summed E-state index contributed by atoms with van der Waals surface area (Å²) in [6, 6.07) is 5.70. The number of benzene rings is 1. The highest BCUT2D eigenvalue weighted by Crippen LogP contribution is 2.37. The lowest BCUT2D eigenvalue weighted by Crippen LogP contribution is -2.56. The van der Waals surface area contributed by atoms with Gasteiger partial charge in [-0.15, -0.1) is 0 Å². The maximum atomic E-state index is 13.3. The predicted molar refractivity (Wildman–Crippen MR) is 102 cm³/mol. The summed E-state index contributed by atoms with van der Waals surface area (Å²) in [5.74, 6) is 0.437. The number of fused-ring (bicyclic) bond motifs is 1. The van der Waals surface area contributed by atoms with E-state index < -0.39 is 0 Å². The van der Waals surface area contributed by atoms with Gasteiger partial charge < -0.3 is 9.42 Å². The molecule has 5 nitrogen and oxygen atoms in total. The van der Waals surface area contributed by atoms with Gasteiger partial charge in [0.05, 0.1) is 10.0 Å². The molecule has 2 aliphatic heterocycles. The summed E-state index contributed by atoms with van der Waals surface area (Å²) in [5, 5.41) is 5.01. The van der Waals surface area contributed by atoms with Gasteiger partial charge in [0.15, 0.2) is 0 Å². The number of rotatable bonds is 2. The lowest BCUT2D eigenvalue weighted by Gasteiger charge is -2.44. The molecule has 2 aliphatic rings. The second-order valence-corrected chi connectivity index (χ2v) is 7.81. The van der Waals surface area contributed by atoms with E-state index in [4.69, 9.17) is 27.7 Å². The monoisotopic (exact) mass is 393 g/mol. The fraction of sp³-hybridized carbons (Fsp3) is 0.474. The van der Waals surface area contributed by atoms with E-state index in [1.54, 1.807) is 25.1 Å². The summed E-state index contributed by atoms with van der Waals surface area (Å²) >= 11 is 12.7. The maximum Gasteiger partial charge on any atom is 0.259 e. The number of halogens is 2. The molecular formula is C19H21Cl2N3O2. The van der Waals surface area contributed by atoms with Crippen LogP contribution in [0.3, 0.4) is 0 Å². The highest BCUT2D eigenvalue weighted by atomic mass is 35.5. The minimum Gasteiger partial charge on any atom is -0.360 e. The minimum atomic E-state index is -0.0556. The number of carbonyl (C=O) groups excluding carboxylic acids is 1. The number of carbonyl (C=O) groups is 1. The quantitative estimate of drug-likeness (QED) is 0.764. The SMILES string of the molecule is Cc1onc(-c2c(Cl)cccc2Cl)c1C(=O)N1CCN2CCCCC2C1. The van der Waals surface area contributed by atoms with Crippen LogP contribution >= 0.6 is 23.2 Å². The number of hydrogen-bond donors (Lipinski definition) is 0. The lowest BCUT2D eigenvalue weighted by molar-refractivity contribution is 0.0372. The van der Waals surface area contributed by atoms with Gasteiger partial charge in [0, 0.05) is 31.2 Å². The molecule has 2 aromatic rings. The molecule has 0 bridgehead atoms. The van der Waals surface area contributed by atoms with E-state index >= 15 is 0 Å². The Labute approximate surface area is 162 Å². The second-order valence-electron chi connectivity index (χ2n) is 7.00. The van der Waals surface area contributed by atoms with E-state index in [1.807, 2.05) is 4.90 Å². The number of aromatic nitrogens is 1. The van der Waals surface area contributed by atoms with Crippen molar-refractivity contribution >= 4 is 29.1 Å². The van der Waals surface area contributed by atoms with Gasteiger partial charge in [-0.2, -0.15) is 0 Å². The molecule has 26 heavy (non-hydrogen) atoms. The molecular weight excluding hydrogens is 373 g/mol. The van der Waals surface area contributed by atoms with Gasteiger partial charge >= 0.3 is 0 Å². The van der Waals surface area contributed by atoms with Crippen molar-refractivity contribution in [2.45, 2.75) is 32.2 Å². The summed E-state index contributed by atoms with van der Waals surface area (Å²) < 4.78 is 5.35. The summed E-state index contributed by atoms with van der Waals surface area (Å²) in [6.07, 6.45) is 3.63. The van der Waals surface area contributed by atoms with E-state index in [0.29, 0.717) is 38.7 Å². The van der Waals surface area contributed by atoms with Gasteiger partial charge in [-0.05, 0) is 38.4 Å². The predicted octanol–water partition coefficient (Wildman–Crippen LogP) is 4.27. The first-order valence-corrected chi connectivity index (χ1v) is 9.76. The molecule has 0 radical (unpaired) electrons. The van der Waals surface area contributed by atoms with Crippen LogP contribution in [0.5, 0.6) is 0 Å². The van der Waals surface area contributed by atoms with E-state index in [1.165, 1.54) is 12.8 Å². The van der Waals surface area contributed by atoms with Gasteiger partial charge in [-0.25, -0.2) is 0 Å². The third-order valence-electron chi connectivity index (χ3n) is 5.40. The molecule has 2 fully saturated rings. The molecule has 138 valence electrons. The fourth-order valence-corrected chi connectivity index (χ4v) is 4.59. The van der Waals surface area contributed by atoms with Crippen LogP contribution in [0, 0.1) is 6.92 Å². The molecule has 2 saturated heterocycles. The number of hydrogen-bond acceptors (Lipinski definition) is 4. The average Bonchev–Trinajstić information content (AvgIpc) is 3.02. The minimum absolute atomic E-state index is 0.0556. The van der Waals surface area contributed by atoms with E-state index in [-0.39, 0.29) is 5.91 Å². The highest BCUT2D eigenvalue weighted by molar-refractivity contribution is 6.39. The zero-order chi connectivity index (χ0) is 18.3. The van der Waals surface area contributed by atoms with Crippen LogP contribution in [0.2, 0.25) is 10.0 Å². The number of amides is 1. The first-order chi connectivity index (χ1) is 12.6. The maximum absolute atomic E-state index is 13.3. The number of piperidine rings is 1. The van der Waals surface area contributed by atoms with Crippen LogP contribution in [0.4, 0.5) is 0 Å². The molecule has 7 heteroatoms. The first-order valence-electron chi connectivity index (χ1n) is 9.00. The first kappa shape index (κ1) is 17.8. The van der Waals surface area contributed by atoms with Crippen molar-refractivity contribution in [3.05, 3.63) is 39.6 Å². The van der Waals surface area contributed by atoms with Crippen molar-refractivity contribution in [3.63, 3.8) is 0 Å². The molecule has 4 rings (SSSR count). The number of aryl methyl sites for hydroxylation is 1. The normalized spacial score (nSPS) is 20.9. The standard InChI is InChI=1S/C19H21Cl2N3O2/c1-12-16(18(22-26-12)17-14(20)6-4-7-15(17)21)19(25)24-10-9-23-8-3-2-5-13(23)11-24/h4,6-7,13H,2-3,5,8-11H2,1H3. The number of piperazine rings is 1. The van der Waals surface area contributed by atoms with Crippen molar-refractivity contribution < 1.29 is 9.32 Å². The van der Waals surface area contributed by atoms with Crippen LogP contribution < -0.4 is 0 Å². The van der Waals surface area contributed by atoms with Crippen LogP contribution in [-0.2, 0) is 0 Å². The zero-order valence-electron chi connectivity index (χ0n) is 14.7. The van der Waals surface area contributed by atoms with Crippen molar-refractivity contribution in [1.82, 2.24) is 15.0 Å². The van der Waals surface area contributed by atoms with Crippen molar-refractivity contribution in [3.8, 4) is 11.3 Å². The summed E-state index contributed by atoms with van der Waals surface area (Å²) in [6.45, 7) is 5.28. The van der Waals surface area contributed by atoms with Crippen molar-refractivity contribution in [2.24, 2.45) is 0 Å². The highest BCUT2D eigenvalue weighted by Gasteiger charge is 2.34. The summed E-state index contributed by atoms with van der Waals surface area (Å²) in [7, 11) is 0. The summed E-state index contributed by atoms with van der Waals surface area (Å²) in [5.41, 5.74) is 1.44. The molecule has 1 atom stereocenters. The molecule has 0 saturated carbocycles. The van der Waals surface area contributed by atoms with Crippen LogP contribution in [-0.4, -0.2) is 53.1 Å². The van der Waals surface area contributed by atoms with Crippen LogP contribution in [0.1, 0.15) is 35.4 Å². The molecule has 0 aliphatic carbocycles. The van der Waals surface area contributed by atoms with Gasteiger partial charge in [0.25, 0.3) is 5.91 Å². The molecule has 3 heterocycles. The molecule has 0 N–H and O–H groups in total. The fourth-order valence-electron chi connectivity index (χ4n) is 4.02. The van der Waals surface area contributed by atoms with E-state index in [0.717, 1.165) is 32.6 Å². The Morgan fingerprint density at radius 1 is 1.19 bits per heavy atom. The molecule has 1 amide bonds. The average molecular weight is 394 g/mol. The Morgan fingerprint density at radius 2 is 1.96 bits per heavy atom. The van der Waals surface area contributed by atoms with Gasteiger partial charge in [0.1, 0.15) is 17.0 Å². The molecule has 1 aromatic carbocycles. The third kappa shape index (κ3) is 3.13. The molecule has 0 spiro atoms. The summed E-state index contributed by atoms with van der Waals surface area (Å²) in [4.78, 5) is 17.7. The molecule has 1 unspecified atom stereocenters. The van der Waals surface area contributed by atoms with Gasteiger partial charge in [0.2, 0.25) is 0 Å². The second kappa shape index (κ2) is 7.22. The Morgan fingerprint density at radius 3 is 2.73 bits per heavy atom. The zero-order valence-corrected chi connectivity index (χ0v) is 16.2. The van der Waals surface area contributed by atoms with Crippen molar-refractivity contribution in [1.29, 1.82) is 0 Å². The van der Waals surface area contributed by atoms with Crippen LogP contribution in [0.25, 0.3) is 11.3 Å². The Bertz CT molecular complexity index is 816. The largest absolute Gasteiger partial charge is 0.360 e. The Hall–Kier alpha value is -1.56. The smallest absolute Gasteiger partial charge is 0.259 e. The Balaban J connectivity index is 1.66. The van der Waals surface area contributed by atoms with E-state index in [9.17, 15) is 4.79 Å². The topological polar surface area (TPSA) is 49.6 Å². The van der Waals surface area contributed by atoms with Crippen LogP contribution in [0.15, 0.2) is 22.7 Å².